The number of H-pyrrole nitrogens is 2. The molecule has 42 heavy (non-hydrogen) atoms. The SMILES string of the molecule is NC(Cc1cnc[nH]1)C(=O)NC(Cc1cnc[nH]1)C(=O)NC(Cc1ccc(O)cc1)C(=O)NC(CCC(=O)O)C(=O)O. The molecule has 0 fully saturated rings. The van der Waals surface area contributed by atoms with Crippen LogP contribution < -0.4 is 21.7 Å². The van der Waals surface area contributed by atoms with Crippen molar-refractivity contribution in [1.82, 2.24) is 35.9 Å². The minimum atomic E-state index is -1.53. The maximum atomic E-state index is 13.5. The van der Waals surface area contributed by atoms with E-state index < -0.39 is 60.2 Å². The Morgan fingerprint density at radius 1 is 0.762 bits per heavy atom. The number of carbonyl (C=O) groups is 5. The van der Waals surface area contributed by atoms with Crippen LogP contribution >= 0.6 is 0 Å². The highest BCUT2D eigenvalue weighted by Gasteiger charge is 2.31. The number of rotatable bonds is 16. The maximum absolute atomic E-state index is 13.5. The summed E-state index contributed by atoms with van der Waals surface area (Å²) in [5, 5.41) is 35.5. The van der Waals surface area contributed by atoms with Gasteiger partial charge in [0.1, 0.15) is 23.9 Å². The summed E-state index contributed by atoms with van der Waals surface area (Å²) >= 11 is 0. The molecule has 3 rings (SSSR count). The van der Waals surface area contributed by atoms with Crippen molar-refractivity contribution in [2.75, 3.05) is 0 Å². The van der Waals surface area contributed by atoms with E-state index in [1.54, 1.807) is 0 Å². The number of carboxylic acid groups (broad SMARTS) is 2. The van der Waals surface area contributed by atoms with E-state index in [2.05, 4.69) is 35.9 Å². The number of nitrogens with two attached hydrogens (primary N) is 1. The molecule has 1 aromatic carbocycles. The summed E-state index contributed by atoms with van der Waals surface area (Å²) in [5.41, 5.74) is 7.65. The van der Waals surface area contributed by atoms with Gasteiger partial charge in [-0.3, -0.25) is 19.2 Å². The van der Waals surface area contributed by atoms with Crippen LogP contribution in [0, 0.1) is 0 Å². The van der Waals surface area contributed by atoms with Crippen molar-refractivity contribution in [1.29, 1.82) is 0 Å². The lowest BCUT2D eigenvalue weighted by Crippen LogP contribution is -2.58. The van der Waals surface area contributed by atoms with Gasteiger partial charge in [-0.1, -0.05) is 12.1 Å². The average molecular weight is 585 g/mol. The largest absolute Gasteiger partial charge is 0.508 e. The smallest absolute Gasteiger partial charge is 0.326 e. The number of aromatic nitrogens is 4. The van der Waals surface area contributed by atoms with Crippen LogP contribution in [0.3, 0.4) is 0 Å². The van der Waals surface area contributed by atoms with Gasteiger partial charge in [0.05, 0.1) is 18.7 Å². The molecule has 0 aliphatic carbocycles. The number of carboxylic acids is 2. The molecule has 2 heterocycles. The van der Waals surface area contributed by atoms with Gasteiger partial charge in [0.25, 0.3) is 0 Å². The van der Waals surface area contributed by atoms with E-state index >= 15 is 0 Å². The minimum Gasteiger partial charge on any atom is -0.508 e. The van der Waals surface area contributed by atoms with E-state index in [0.717, 1.165) is 0 Å². The first-order chi connectivity index (χ1) is 20.0. The highest BCUT2D eigenvalue weighted by atomic mass is 16.4. The highest BCUT2D eigenvalue weighted by Crippen LogP contribution is 2.12. The molecule has 3 amide bonds. The van der Waals surface area contributed by atoms with Crippen molar-refractivity contribution in [3.05, 3.63) is 66.3 Å². The van der Waals surface area contributed by atoms with Crippen LogP contribution in [0.25, 0.3) is 0 Å². The number of nitrogens with zero attached hydrogens (tertiary/aromatic N) is 2. The van der Waals surface area contributed by atoms with E-state index in [1.807, 2.05) is 0 Å². The van der Waals surface area contributed by atoms with Crippen molar-refractivity contribution >= 4 is 29.7 Å². The second kappa shape index (κ2) is 14.9. The summed E-state index contributed by atoms with van der Waals surface area (Å²) in [6.07, 6.45) is 4.85. The summed E-state index contributed by atoms with van der Waals surface area (Å²) in [6, 6.07) is 0.649. The standard InChI is InChI=1S/C26H32N8O8/c27-18(8-15-10-28-12-30-15)23(38)33-21(9-16-11-29-13-31-16)25(40)34-20(7-14-1-3-17(35)4-2-14)24(39)32-19(26(41)42)5-6-22(36)37/h1-4,10-13,18-21,35H,5-9,27H2,(H,28,30)(H,29,31)(H,32,39)(H,33,38)(H,34,40)(H,36,37)(H,41,42). The third-order valence-electron chi connectivity index (χ3n) is 6.21. The second-order valence-electron chi connectivity index (χ2n) is 9.49. The fourth-order valence-electron chi connectivity index (χ4n) is 3.98. The van der Waals surface area contributed by atoms with Crippen molar-refractivity contribution in [2.45, 2.75) is 56.3 Å². The van der Waals surface area contributed by atoms with Gasteiger partial charge < -0.3 is 47.0 Å². The normalized spacial score (nSPS) is 13.7. The number of carbonyl (C=O) groups excluding carboxylic acids is 3. The molecule has 4 unspecified atom stereocenters. The lowest BCUT2D eigenvalue weighted by Gasteiger charge is -2.25. The summed E-state index contributed by atoms with van der Waals surface area (Å²) in [6.45, 7) is 0. The number of phenolic OH excluding ortho intramolecular Hbond substituents is 1. The Balaban J connectivity index is 1.80. The molecule has 0 saturated heterocycles. The first-order valence-electron chi connectivity index (χ1n) is 12.9. The van der Waals surface area contributed by atoms with Gasteiger partial charge in [-0.15, -0.1) is 0 Å². The van der Waals surface area contributed by atoms with E-state index in [9.17, 15) is 34.2 Å². The van der Waals surface area contributed by atoms with Crippen molar-refractivity contribution in [3.8, 4) is 5.75 Å². The van der Waals surface area contributed by atoms with Crippen LogP contribution in [0.5, 0.6) is 5.75 Å². The zero-order chi connectivity index (χ0) is 30.6. The van der Waals surface area contributed by atoms with Gasteiger partial charge >= 0.3 is 11.9 Å². The van der Waals surface area contributed by atoms with Crippen LogP contribution in [0.2, 0.25) is 0 Å². The summed E-state index contributed by atoms with van der Waals surface area (Å²) < 4.78 is 0. The Morgan fingerprint density at radius 3 is 1.81 bits per heavy atom. The molecule has 0 bridgehead atoms. The van der Waals surface area contributed by atoms with E-state index in [4.69, 9.17) is 10.8 Å². The number of aliphatic carboxylic acids is 2. The summed E-state index contributed by atoms with van der Waals surface area (Å²) in [7, 11) is 0. The van der Waals surface area contributed by atoms with E-state index in [1.165, 1.54) is 49.3 Å². The molecule has 0 spiro atoms. The molecular formula is C26H32N8O8. The molecular weight excluding hydrogens is 552 g/mol. The van der Waals surface area contributed by atoms with Crippen molar-refractivity contribution < 1.29 is 39.3 Å². The number of nitrogens with one attached hydrogen (secondary N) is 5. The molecule has 4 atom stereocenters. The Hall–Kier alpha value is -5.25. The van der Waals surface area contributed by atoms with Gasteiger partial charge in [0.15, 0.2) is 0 Å². The number of phenols is 1. The van der Waals surface area contributed by atoms with Crippen LogP contribution in [0.1, 0.15) is 29.8 Å². The van der Waals surface area contributed by atoms with Gasteiger partial charge in [0.2, 0.25) is 17.7 Å². The third kappa shape index (κ3) is 9.74. The number of hydrogen-bond acceptors (Lipinski definition) is 9. The Bertz CT molecular complexity index is 1350. The first-order valence-corrected chi connectivity index (χ1v) is 12.9. The van der Waals surface area contributed by atoms with Crippen LogP contribution in [0.4, 0.5) is 0 Å². The quantitative estimate of drug-likeness (QED) is 0.0944. The van der Waals surface area contributed by atoms with E-state index in [-0.39, 0.29) is 31.4 Å². The lowest BCUT2D eigenvalue weighted by molar-refractivity contribution is -0.143. The molecule has 2 aromatic heterocycles. The second-order valence-corrected chi connectivity index (χ2v) is 9.49. The maximum Gasteiger partial charge on any atom is 0.326 e. The number of benzene rings is 1. The number of hydrogen-bond donors (Lipinski definition) is 9. The Kier molecular flexibility index (Phi) is 11.1. The van der Waals surface area contributed by atoms with Gasteiger partial charge in [-0.05, 0) is 24.1 Å². The summed E-state index contributed by atoms with van der Waals surface area (Å²) in [4.78, 5) is 75.8. The van der Waals surface area contributed by atoms with Crippen LogP contribution in [0.15, 0.2) is 49.3 Å². The van der Waals surface area contributed by atoms with Gasteiger partial charge in [-0.2, -0.15) is 0 Å². The fourth-order valence-corrected chi connectivity index (χ4v) is 3.98. The lowest BCUT2D eigenvalue weighted by atomic mass is 10.0. The predicted molar refractivity (Wildman–Crippen MR) is 145 cm³/mol. The van der Waals surface area contributed by atoms with Gasteiger partial charge in [0, 0.05) is 49.5 Å². The predicted octanol–water partition coefficient (Wildman–Crippen LogP) is -1.40. The zero-order valence-electron chi connectivity index (χ0n) is 22.3. The van der Waals surface area contributed by atoms with Crippen LogP contribution in [-0.4, -0.2) is 89.1 Å². The molecule has 10 N–H and O–H groups in total. The molecule has 224 valence electrons. The molecule has 16 heteroatoms. The topological polar surface area (TPSA) is 266 Å². The first kappa shape index (κ1) is 31.3. The molecule has 3 aromatic rings. The molecule has 0 aliphatic rings. The van der Waals surface area contributed by atoms with E-state index in [0.29, 0.717) is 17.0 Å². The molecule has 0 saturated carbocycles. The monoisotopic (exact) mass is 584 g/mol. The number of amides is 3. The molecule has 0 aliphatic heterocycles. The number of aromatic amines is 2. The van der Waals surface area contributed by atoms with Crippen molar-refractivity contribution in [2.24, 2.45) is 5.73 Å². The fraction of sp³-hybridized carbons (Fsp3) is 0.346. The molecule has 0 radical (unpaired) electrons. The average Bonchev–Trinajstić information content (AvgIpc) is 3.65. The highest BCUT2D eigenvalue weighted by molar-refractivity contribution is 5.94. The Morgan fingerprint density at radius 2 is 1.29 bits per heavy atom. The number of imidazole rings is 2. The van der Waals surface area contributed by atoms with Gasteiger partial charge in [-0.25, -0.2) is 14.8 Å². The molecule has 16 nitrogen and oxygen atoms in total. The number of aromatic hydroxyl groups is 1. The zero-order valence-corrected chi connectivity index (χ0v) is 22.3. The Labute approximate surface area is 239 Å². The van der Waals surface area contributed by atoms with Crippen molar-refractivity contribution in [3.63, 3.8) is 0 Å². The third-order valence-corrected chi connectivity index (χ3v) is 6.21. The minimum absolute atomic E-state index is 0.0304. The van der Waals surface area contributed by atoms with Crippen LogP contribution in [-0.2, 0) is 43.2 Å². The summed E-state index contributed by atoms with van der Waals surface area (Å²) in [5.74, 6) is -5.04.